The summed E-state index contributed by atoms with van der Waals surface area (Å²) < 4.78 is 0. The van der Waals surface area contributed by atoms with Crippen LogP contribution in [-0.4, -0.2) is 22.2 Å². The van der Waals surface area contributed by atoms with Crippen LogP contribution in [0.4, 0.5) is 5.82 Å². The molecule has 1 amide bonds. The lowest BCUT2D eigenvalue weighted by Crippen LogP contribution is -2.50. The summed E-state index contributed by atoms with van der Waals surface area (Å²) in [7, 11) is 0. The Bertz CT molecular complexity index is 417. The molecular formula is C12H16N2OS. The zero-order valence-electron chi connectivity index (χ0n) is 9.86. The highest BCUT2D eigenvalue weighted by atomic mass is 32.2. The average Bonchev–Trinajstić information content (AvgIpc) is 2.28. The summed E-state index contributed by atoms with van der Waals surface area (Å²) in [4.78, 5) is 19.3. The van der Waals surface area contributed by atoms with Crippen molar-refractivity contribution in [2.75, 3.05) is 10.7 Å². The number of carbonyl (C=O) groups is 1. The zero-order valence-corrected chi connectivity index (χ0v) is 10.7. The quantitative estimate of drug-likeness (QED) is 0.791. The predicted molar refractivity (Wildman–Crippen MR) is 66.8 cm³/mol. The zero-order chi connectivity index (χ0) is 11.8. The summed E-state index contributed by atoms with van der Waals surface area (Å²) in [6.07, 6.45) is 2.66. The minimum Gasteiger partial charge on any atom is -0.290 e. The lowest BCUT2D eigenvalue weighted by atomic mass is 9.99. The molecule has 0 aromatic carbocycles. The molecule has 16 heavy (non-hydrogen) atoms. The van der Waals surface area contributed by atoms with E-state index in [4.69, 9.17) is 0 Å². The van der Waals surface area contributed by atoms with E-state index in [0.29, 0.717) is 5.75 Å². The molecule has 1 aromatic heterocycles. The van der Waals surface area contributed by atoms with Crippen LogP contribution < -0.4 is 4.90 Å². The van der Waals surface area contributed by atoms with Crippen molar-refractivity contribution in [1.82, 2.24) is 4.98 Å². The first-order valence-corrected chi connectivity index (χ1v) is 6.45. The monoisotopic (exact) mass is 236 g/mol. The Hall–Kier alpha value is -1.03. The summed E-state index contributed by atoms with van der Waals surface area (Å²) in [5, 5.41) is 0. The summed E-state index contributed by atoms with van der Waals surface area (Å²) in [6, 6.07) is 3.94. The fourth-order valence-electron chi connectivity index (χ4n) is 1.77. The van der Waals surface area contributed by atoms with Gasteiger partial charge in [0.2, 0.25) is 5.91 Å². The molecule has 0 unspecified atom stereocenters. The van der Waals surface area contributed by atoms with Gasteiger partial charge in [-0.2, -0.15) is 0 Å². The molecule has 86 valence electrons. The van der Waals surface area contributed by atoms with Gasteiger partial charge < -0.3 is 0 Å². The average molecular weight is 236 g/mol. The fraction of sp³-hybridized carbons (Fsp3) is 0.500. The number of amides is 1. The second-order valence-corrected chi connectivity index (χ2v) is 5.53. The third kappa shape index (κ3) is 1.82. The minimum absolute atomic E-state index is 0.156. The number of nitrogens with zero attached hydrogens (tertiary/aromatic N) is 2. The molecular weight excluding hydrogens is 220 g/mol. The second kappa shape index (κ2) is 4.09. The molecule has 0 atom stereocenters. The molecule has 0 saturated heterocycles. The van der Waals surface area contributed by atoms with Gasteiger partial charge in [-0.3, -0.25) is 9.69 Å². The van der Waals surface area contributed by atoms with E-state index < -0.39 is 0 Å². The summed E-state index contributed by atoms with van der Waals surface area (Å²) in [6.45, 7) is 6.26. The normalized spacial score (nSPS) is 16.2. The van der Waals surface area contributed by atoms with E-state index in [-0.39, 0.29) is 11.4 Å². The number of fused-ring (bicyclic) bond motifs is 1. The Labute approximate surface area is 100 Å². The maximum absolute atomic E-state index is 12.0. The Kier molecular flexibility index (Phi) is 2.93. The standard InChI is InChI=1S/C12H16N2OS/c1-4-12(2,3)14-10(15)8-16-9-6-5-7-13-11(9)14/h5-7H,4,8H2,1-3H3. The van der Waals surface area contributed by atoms with Gasteiger partial charge in [-0.05, 0) is 32.4 Å². The van der Waals surface area contributed by atoms with Crippen LogP contribution in [0.5, 0.6) is 0 Å². The number of anilines is 1. The van der Waals surface area contributed by atoms with Gasteiger partial charge in [-0.15, -0.1) is 11.8 Å². The van der Waals surface area contributed by atoms with E-state index in [0.717, 1.165) is 17.1 Å². The molecule has 1 aliphatic rings. The van der Waals surface area contributed by atoms with E-state index in [9.17, 15) is 4.79 Å². The molecule has 2 heterocycles. The molecule has 1 aromatic rings. The van der Waals surface area contributed by atoms with E-state index in [1.165, 1.54) is 0 Å². The largest absolute Gasteiger partial charge is 0.290 e. The van der Waals surface area contributed by atoms with Crippen LogP contribution >= 0.6 is 11.8 Å². The van der Waals surface area contributed by atoms with E-state index in [2.05, 4.69) is 25.8 Å². The van der Waals surface area contributed by atoms with Gasteiger partial charge in [-0.1, -0.05) is 6.92 Å². The number of thioether (sulfide) groups is 1. The summed E-state index contributed by atoms with van der Waals surface area (Å²) >= 11 is 1.57. The van der Waals surface area contributed by atoms with Gasteiger partial charge in [0.25, 0.3) is 0 Å². The Balaban J connectivity index is 2.49. The van der Waals surface area contributed by atoms with Crippen LogP contribution in [0.25, 0.3) is 0 Å². The van der Waals surface area contributed by atoms with Crippen molar-refractivity contribution in [3.8, 4) is 0 Å². The number of rotatable bonds is 2. The molecule has 0 saturated carbocycles. The van der Waals surface area contributed by atoms with Crippen LogP contribution in [-0.2, 0) is 4.79 Å². The van der Waals surface area contributed by atoms with Crippen LogP contribution in [0, 0.1) is 0 Å². The number of pyridine rings is 1. The van der Waals surface area contributed by atoms with Crippen molar-refractivity contribution in [3.63, 3.8) is 0 Å². The second-order valence-electron chi connectivity index (χ2n) is 4.51. The fourth-order valence-corrected chi connectivity index (χ4v) is 2.62. The van der Waals surface area contributed by atoms with Gasteiger partial charge in [-0.25, -0.2) is 4.98 Å². The van der Waals surface area contributed by atoms with Crippen molar-refractivity contribution in [2.24, 2.45) is 0 Å². The lowest BCUT2D eigenvalue weighted by molar-refractivity contribution is -0.117. The van der Waals surface area contributed by atoms with Gasteiger partial charge >= 0.3 is 0 Å². The molecule has 4 heteroatoms. The number of hydrogen-bond acceptors (Lipinski definition) is 3. The molecule has 0 spiro atoms. The summed E-state index contributed by atoms with van der Waals surface area (Å²) in [5.74, 6) is 1.49. The predicted octanol–water partition coefficient (Wildman–Crippen LogP) is 2.71. The number of aromatic nitrogens is 1. The van der Waals surface area contributed by atoms with Crippen LogP contribution in [0.3, 0.4) is 0 Å². The molecule has 0 bridgehead atoms. The molecule has 2 rings (SSSR count). The highest BCUT2D eigenvalue weighted by Crippen LogP contribution is 2.37. The smallest absolute Gasteiger partial charge is 0.239 e. The first kappa shape index (κ1) is 11.5. The van der Waals surface area contributed by atoms with E-state index >= 15 is 0 Å². The van der Waals surface area contributed by atoms with Crippen LogP contribution in [0.1, 0.15) is 27.2 Å². The highest BCUT2D eigenvalue weighted by molar-refractivity contribution is 8.00. The Morgan fingerprint density at radius 1 is 1.56 bits per heavy atom. The van der Waals surface area contributed by atoms with Gasteiger partial charge in [0.1, 0.15) is 5.82 Å². The SMILES string of the molecule is CCC(C)(C)N1C(=O)CSc2cccnc21. The van der Waals surface area contributed by atoms with E-state index in [1.807, 2.05) is 17.0 Å². The Morgan fingerprint density at radius 3 is 3.00 bits per heavy atom. The van der Waals surface area contributed by atoms with Gasteiger partial charge in [0.05, 0.1) is 10.6 Å². The van der Waals surface area contributed by atoms with Crippen LogP contribution in [0.15, 0.2) is 23.2 Å². The van der Waals surface area contributed by atoms with Crippen molar-refractivity contribution < 1.29 is 4.79 Å². The molecule has 0 radical (unpaired) electrons. The van der Waals surface area contributed by atoms with Gasteiger partial charge in [0, 0.05) is 11.7 Å². The molecule has 1 aliphatic heterocycles. The molecule has 0 N–H and O–H groups in total. The molecule has 3 nitrogen and oxygen atoms in total. The van der Waals surface area contributed by atoms with Crippen molar-refractivity contribution >= 4 is 23.5 Å². The van der Waals surface area contributed by atoms with Crippen molar-refractivity contribution in [3.05, 3.63) is 18.3 Å². The molecule has 0 fully saturated rings. The maximum atomic E-state index is 12.0. The lowest BCUT2D eigenvalue weighted by Gasteiger charge is -2.40. The number of carbonyl (C=O) groups excluding carboxylic acids is 1. The maximum Gasteiger partial charge on any atom is 0.239 e. The van der Waals surface area contributed by atoms with Crippen molar-refractivity contribution in [2.45, 2.75) is 37.6 Å². The van der Waals surface area contributed by atoms with Crippen molar-refractivity contribution in [1.29, 1.82) is 0 Å². The first-order valence-electron chi connectivity index (χ1n) is 5.47. The third-order valence-corrected chi connectivity index (χ3v) is 4.05. The first-order chi connectivity index (χ1) is 7.56. The summed E-state index contributed by atoms with van der Waals surface area (Å²) in [5.41, 5.74) is -0.166. The minimum atomic E-state index is -0.166. The molecule has 0 aliphatic carbocycles. The van der Waals surface area contributed by atoms with E-state index in [1.54, 1.807) is 18.0 Å². The Morgan fingerprint density at radius 2 is 2.31 bits per heavy atom. The topological polar surface area (TPSA) is 33.2 Å². The van der Waals surface area contributed by atoms with Gasteiger partial charge in [0.15, 0.2) is 0 Å². The highest BCUT2D eigenvalue weighted by Gasteiger charge is 2.35. The third-order valence-electron chi connectivity index (χ3n) is 3.03. The van der Waals surface area contributed by atoms with Crippen LogP contribution in [0.2, 0.25) is 0 Å². The number of hydrogen-bond donors (Lipinski definition) is 0.